The van der Waals surface area contributed by atoms with Crippen LogP contribution in [0.2, 0.25) is 0 Å². The predicted molar refractivity (Wildman–Crippen MR) is 108 cm³/mol. The molecule has 1 aromatic rings. The van der Waals surface area contributed by atoms with Gasteiger partial charge in [-0.15, -0.1) is 0 Å². The van der Waals surface area contributed by atoms with Crippen LogP contribution in [0, 0.1) is 0 Å². The fourth-order valence-corrected chi connectivity index (χ4v) is 4.47. The molecule has 9 heteroatoms. The maximum Gasteiger partial charge on any atom is 0.339 e. The zero-order chi connectivity index (χ0) is 21.4. The van der Waals surface area contributed by atoms with Gasteiger partial charge in [0.1, 0.15) is 0 Å². The van der Waals surface area contributed by atoms with Crippen molar-refractivity contribution < 1.29 is 32.2 Å². The SMILES string of the molecule is CCCOc1ccc(C(=O)O[C@@H](C)C(=O)N[C@@H]2CCS(=O)(=O)C2)cc1OCCC. The summed E-state index contributed by atoms with van der Waals surface area (Å²) in [6.45, 7) is 6.42. The summed E-state index contributed by atoms with van der Waals surface area (Å²) >= 11 is 0. The zero-order valence-corrected chi connectivity index (χ0v) is 17.9. The van der Waals surface area contributed by atoms with Gasteiger partial charge < -0.3 is 19.5 Å². The van der Waals surface area contributed by atoms with Crippen molar-refractivity contribution in [3.8, 4) is 11.5 Å². The number of carbonyl (C=O) groups excluding carboxylic acids is 2. The summed E-state index contributed by atoms with van der Waals surface area (Å²) in [5.74, 6) is -0.232. The van der Waals surface area contributed by atoms with E-state index in [9.17, 15) is 18.0 Å². The summed E-state index contributed by atoms with van der Waals surface area (Å²) < 4.78 is 39.5. The lowest BCUT2D eigenvalue weighted by atomic mass is 10.2. The highest BCUT2D eigenvalue weighted by Gasteiger charge is 2.31. The molecule has 162 valence electrons. The van der Waals surface area contributed by atoms with Crippen LogP contribution in [-0.4, -0.2) is 57.2 Å². The van der Waals surface area contributed by atoms with Gasteiger partial charge in [0.15, 0.2) is 27.4 Å². The third kappa shape index (κ3) is 6.92. The van der Waals surface area contributed by atoms with E-state index in [0.29, 0.717) is 31.1 Å². The quantitative estimate of drug-likeness (QED) is 0.570. The van der Waals surface area contributed by atoms with Gasteiger partial charge in [-0.3, -0.25) is 4.79 Å². The Morgan fingerprint density at radius 2 is 1.79 bits per heavy atom. The van der Waals surface area contributed by atoms with E-state index in [1.54, 1.807) is 12.1 Å². The lowest BCUT2D eigenvalue weighted by molar-refractivity contribution is -0.129. The van der Waals surface area contributed by atoms with Crippen LogP contribution in [0.15, 0.2) is 18.2 Å². The number of esters is 1. The molecule has 2 atom stereocenters. The van der Waals surface area contributed by atoms with Gasteiger partial charge in [-0.05, 0) is 44.4 Å². The highest BCUT2D eigenvalue weighted by Crippen LogP contribution is 2.29. The van der Waals surface area contributed by atoms with Crippen molar-refractivity contribution in [3.05, 3.63) is 23.8 Å². The number of rotatable bonds is 10. The molecule has 2 rings (SSSR count). The minimum absolute atomic E-state index is 0.0547. The molecule has 0 saturated carbocycles. The lowest BCUT2D eigenvalue weighted by Crippen LogP contribution is -2.42. The maximum absolute atomic E-state index is 12.5. The third-order valence-electron chi connectivity index (χ3n) is 4.33. The first kappa shape index (κ1) is 23.0. The number of nitrogens with one attached hydrogen (secondary N) is 1. The summed E-state index contributed by atoms with van der Waals surface area (Å²) in [6, 6.07) is 4.29. The first-order valence-electron chi connectivity index (χ1n) is 9.87. The number of amides is 1. The van der Waals surface area contributed by atoms with Crippen molar-refractivity contribution in [2.24, 2.45) is 0 Å². The monoisotopic (exact) mass is 427 g/mol. The van der Waals surface area contributed by atoms with Crippen LogP contribution in [0.1, 0.15) is 50.4 Å². The van der Waals surface area contributed by atoms with E-state index in [2.05, 4.69) is 5.32 Å². The second-order valence-electron chi connectivity index (χ2n) is 7.01. The van der Waals surface area contributed by atoms with Crippen LogP contribution in [0.5, 0.6) is 11.5 Å². The highest BCUT2D eigenvalue weighted by atomic mass is 32.2. The Morgan fingerprint density at radius 1 is 1.14 bits per heavy atom. The summed E-state index contributed by atoms with van der Waals surface area (Å²) in [6.07, 6.45) is 0.954. The van der Waals surface area contributed by atoms with E-state index in [4.69, 9.17) is 14.2 Å². The van der Waals surface area contributed by atoms with Crippen molar-refractivity contribution in [2.45, 2.75) is 52.2 Å². The summed E-state index contributed by atoms with van der Waals surface area (Å²) in [4.78, 5) is 24.7. The average molecular weight is 428 g/mol. The maximum atomic E-state index is 12.5. The van der Waals surface area contributed by atoms with Gasteiger partial charge in [0, 0.05) is 6.04 Å². The Hall–Kier alpha value is -2.29. The van der Waals surface area contributed by atoms with Gasteiger partial charge in [0.05, 0.1) is 30.3 Å². The molecule has 1 fully saturated rings. The van der Waals surface area contributed by atoms with Gasteiger partial charge in [0.25, 0.3) is 5.91 Å². The molecule has 29 heavy (non-hydrogen) atoms. The molecule has 8 nitrogen and oxygen atoms in total. The van der Waals surface area contributed by atoms with Crippen LogP contribution >= 0.6 is 0 Å². The molecule has 0 spiro atoms. The van der Waals surface area contributed by atoms with Gasteiger partial charge in [-0.2, -0.15) is 0 Å². The zero-order valence-electron chi connectivity index (χ0n) is 17.1. The standard InChI is InChI=1S/C20H29NO7S/c1-4-9-26-17-7-6-15(12-18(17)27-10-5-2)20(23)28-14(3)19(22)21-16-8-11-29(24,25)13-16/h6-7,12,14,16H,4-5,8-11,13H2,1-3H3,(H,21,22)/t14-,16+/m0/s1. The van der Waals surface area contributed by atoms with Crippen molar-refractivity contribution in [1.29, 1.82) is 0 Å². The molecule has 1 aliphatic rings. The molecule has 0 aromatic heterocycles. The van der Waals surface area contributed by atoms with E-state index in [0.717, 1.165) is 12.8 Å². The molecule has 1 N–H and O–H groups in total. The second-order valence-corrected chi connectivity index (χ2v) is 9.24. The number of hydrogen-bond acceptors (Lipinski definition) is 7. The van der Waals surface area contributed by atoms with Crippen LogP contribution < -0.4 is 14.8 Å². The van der Waals surface area contributed by atoms with E-state index >= 15 is 0 Å². The molecule has 1 heterocycles. The number of sulfone groups is 1. The van der Waals surface area contributed by atoms with Gasteiger partial charge in [0.2, 0.25) is 0 Å². The first-order valence-corrected chi connectivity index (χ1v) is 11.7. The summed E-state index contributed by atoms with van der Waals surface area (Å²) in [7, 11) is -3.10. The molecule has 1 saturated heterocycles. The smallest absolute Gasteiger partial charge is 0.339 e. The Labute approximate surface area is 171 Å². The second kappa shape index (κ2) is 10.5. The minimum atomic E-state index is -3.10. The molecular weight excluding hydrogens is 398 g/mol. The van der Waals surface area contributed by atoms with Crippen molar-refractivity contribution in [2.75, 3.05) is 24.7 Å². The molecular formula is C20H29NO7S. The number of hydrogen-bond donors (Lipinski definition) is 1. The van der Waals surface area contributed by atoms with Gasteiger partial charge in [-0.25, -0.2) is 13.2 Å². The lowest BCUT2D eigenvalue weighted by Gasteiger charge is -2.17. The number of carbonyl (C=O) groups is 2. The molecule has 1 aliphatic heterocycles. The van der Waals surface area contributed by atoms with Crippen LogP contribution in [0.4, 0.5) is 0 Å². The Kier molecular flexibility index (Phi) is 8.31. The van der Waals surface area contributed by atoms with E-state index in [1.165, 1.54) is 13.0 Å². The largest absolute Gasteiger partial charge is 0.490 e. The fourth-order valence-electron chi connectivity index (χ4n) is 2.80. The predicted octanol–water partition coefficient (Wildman–Crippen LogP) is 2.11. The molecule has 1 amide bonds. The van der Waals surface area contributed by atoms with Crippen LogP contribution in [-0.2, 0) is 19.4 Å². The van der Waals surface area contributed by atoms with Gasteiger partial charge in [-0.1, -0.05) is 13.8 Å². The van der Waals surface area contributed by atoms with E-state index in [1.807, 2.05) is 13.8 Å². The van der Waals surface area contributed by atoms with Gasteiger partial charge >= 0.3 is 5.97 Å². The normalized spacial score (nSPS) is 18.7. The Balaban J connectivity index is 2.00. The Bertz CT molecular complexity index is 822. The Morgan fingerprint density at radius 3 is 2.38 bits per heavy atom. The van der Waals surface area contributed by atoms with E-state index in [-0.39, 0.29) is 17.1 Å². The topological polar surface area (TPSA) is 108 Å². The van der Waals surface area contributed by atoms with Crippen molar-refractivity contribution in [1.82, 2.24) is 5.32 Å². The molecule has 0 radical (unpaired) electrons. The fraction of sp³-hybridized carbons (Fsp3) is 0.600. The molecule has 0 bridgehead atoms. The third-order valence-corrected chi connectivity index (χ3v) is 6.10. The summed E-state index contributed by atoms with van der Waals surface area (Å²) in [5, 5.41) is 2.62. The van der Waals surface area contributed by atoms with Crippen LogP contribution in [0.25, 0.3) is 0 Å². The van der Waals surface area contributed by atoms with Crippen molar-refractivity contribution in [3.63, 3.8) is 0 Å². The molecule has 0 aliphatic carbocycles. The highest BCUT2D eigenvalue weighted by molar-refractivity contribution is 7.91. The summed E-state index contributed by atoms with van der Waals surface area (Å²) in [5.41, 5.74) is 0.239. The molecule has 1 aromatic carbocycles. The van der Waals surface area contributed by atoms with Crippen molar-refractivity contribution >= 4 is 21.7 Å². The minimum Gasteiger partial charge on any atom is -0.490 e. The number of ether oxygens (including phenoxy) is 3. The number of benzene rings is 1. The average Bonchev–Trinajstić information content (AvgIpc) is 3.02. The van der Waals surface area contributed by atoms with E-state index < -0.39 is 33.9 Å². The van der Waals surface area contributed by atoms with Crippen LogP contribution in [0.3, 0.4) is 0 Å². The first-order chi connectivity index (χ1) is 13.8. The molecule has 0 unspecified atom stereocenters.